The van der Waals surface area contributed by atoms with Gasteiger partial charge < -0.3 is 30.3 Å². The molecule has 3 aromatic rings. The SMILES string of the molecule is CC1(C)CC(N(Cc2ccccn2)Cc2cccn2-c2ccncc2)CC(C)(C)N1.O=C(O)CC(O)(CC(=O)O)C(=O)O. The molecule has 4 rings (SSSR count). The average molecular weight is 596 g/mol. The molecule has 0 unspecified atom stereocenters. The maximum Gasteiger partial charge on any atom is 0.336 e. The zero-order chi connectivity index (χ0) is 31.8. The molecule has 12 heteroatoms. The molecule has 0 aliphatic carbocycles. The van der Waals surface area contributed by atoms with E-state index in [1.165, 1.54) is 5.69 Å². The molecular weight excluding hydrogens is 554 g/mol. The highest BCUT2D eigenvalue weighted by Gasteiger charge is 2.41. The highest BCUT2D eigenvalue weighted by Crippen LogP contribution is 2.33. The van der Waals surface area contributed by atoms with E-state index in [1.54, 1.807) is 0 Å². The molecule has 0 aromatic carbocycles. The van der Waals surface area contributed by atoms with Crippen LogP contribution >= 0.6 is 0 Å². The summed E-state index contributed by atoms with van der Waals surface area (Å²) in [7, 11) is 0. The third-order valence-electron chi connectivity index (χ3n) is 7.20. The number of hydrogen-bond acceptors (Lipinski definition) is 8. The van der Waals surface area contributed by atoms with Crippen molar-refractivity contribution in [3.63, 3.8) is 0 Å². The first-order chi connectivity index (χ1) is 20.1. The third kappa shape index (κ3) is 9.98. The molecule has 232 valence electrons. The number of aromatic nitrogens is 3. The van der Waals surface area contributed by atoms with Crippen molar-refractivity contribution in [2.45, 2.75) is 89.2 Å². The van der Waals surface area contributed by atoms with Gasteiger partial charge in [0, 0.05) is 66.4 Å². The lowest BCUT2D eigenvalue weighted by molar-refractivity contribution is -0.170. The number of aliphatic hydroxyl groups is 1. The smallest absolute Gasteiger partial charge is 0.336 e. The molecule has 0 amide bonds. The lowest BCUT2D eigenvalue weighted by atomic mass is 9.79. The summed E-state index contributed by atoms with van der Waals surface area (Å²) in [6.07, 6.45) is 7.66. The standard InChI is InChI=1S/C25H33N5.C6H8O7/c1-24(2)16-23(17-25(3,4)28-24)29(18-20-8-5-6-12-27-20)19-22-9-7-15-30(22)21-10-13-26-14-11-21;7-3(8)1-6(13,5(11)12)2-4(9)10/h5-15,23,28H,16-19H2,1-4H3;13H,1-2H2,(H,7,8)(H,9,10)(H,11,12). The Morgan fingerprint density at radius 1 is 0.907 bits per heavy atom. The largest absolute Gasteiger partial charge is 0.481 e. The Balaban J connectivity index is 0.000000331. The Morgan fingerprint density at radius 3 is 2.02 bits per heavy atom. The topological polar surface area (TPSA) is 178 Å². The summed E-state index contributed by atoms with van der Waals surface area (Å²) in [6.45, 7) is 11.0. The van der Waals surface area contributed by atoms with E-state index in [2.05, 4.69) is 95.0 Å². The molecule has 1 saturated heterocycles. The molecule has 1 aliphatic heterocycles. The van der Waals surface area contributed by atoms with Gasteiger partial charge in [-0.05, 0) is 76.9 Å². The van der Waals surface area contributed by atoms with Gasteiger partial charge in [-0.1, -0.05) is 6.07 Å². The Labute approximate surface area is 251 Å². The lowest BCUT2D eigenvalue weighted by Gasteiger charge is -2.49. The summed E-state index contributed by atoms with van der Waals surface area (Å²) in [5, 5.41) is 37.6. The molecule has 3 aromatic heterocycles. The molecule has 5 N–H and O–H groups in total. The number of carboxylic acid groups (broad SMARTS) is 3. The fourth-order valence-electron chi connectivity index (χ4n) is 5.76. The lowest BCUT2D eigenvalue weighted by Crippen LogP contribution is -2.62. The second-order valence-corrected chi connectivity index (χ2v) is 12.2. The molecular formula is C31H41N5O7. The molecule has 12 nitrogen and oxygen atoms in total. The maximum atomic E-state index is 10.3. The van der Waals surface area contributed by atoms with Gasteiger partial charge in [-0.25, -0.2) is 4.79 Å². The van der Waals surface area contributed by atoms with Crippen LogP contribution in [0.3, 0.4) is 0 Å². The average Bonchev–Trinajstić information content (AvgIpc) is 3.35. The van der Waals surface area contributed by atoms with Crippen LogP contribution in [-0.2, 0) is 27.5 Å². The first-order valence-corrected chi connectivity index (χ1v) is 14.0. The zero-order valence-electron chi connectivity index (χ0n) is 25.0. The number of carbonyl (C=O) groups is 3. The molecule has 0 radical (unpaired) electrons. The van der Waals surface area contributed by atoms with Gasteiger partial charge in [0.05, 0.1) is 18.5 Å². The van der Waals surface area contributed by atoms with Crippen molar-refractivity contribution in [1.29, 1.82) is 0 Å². The van der Waals surface area contributed by atoms with Gasteiger partial charge in [0.2, 0.25) is 0 Å². The molecule has 4 heterocycles. The van der Waals surface area contributed by atoms with E-state index in [0.717, 1.165) is 37.3 Å². The Hall–Kier alpha value is -4.13. The van der Waals surface area contributed by atoms with Crippen molar-refractivity contribution >= 4 is 17.9 Å². The predicted octanol–water partition coefficient (Wildman–Crippen LogP) is 3.33. The van der Waals surface area contributed by atoms with Crippen molar-refractivity contribution < 1.29 is 34.8 Å². The van der Waals surface area contributed by atoms with Crippen LogP contribution in [0.15, 0.2) is 67.3 Å². The summed E-state index contributed by atoms with van der Waals surface area (Å²) in [6, 6.07) is 15.1. The minimum Gasteiger partial charge on any atom is -0.481 e. The van der Waals surface area contributed by atoms with Gasteiger partial charge in [-0.3, -0.25) is 24.5 Å². The Morgan fingerprint density at radius 2 is 1.51 bits per heavy atom. The number of pyridine rings is 2. The number of piperidine rings is 1. The molecule has 1 fully saturated rings. The minimum absolute atomic E-state index is 0.0991. The summed E-state index contributed by atoms with van der Waals surface area (Å²) < 4.78 is 2.27. The van der Waals surface area contributed by atoms with Gasteiger partial charge in [0.25, 0.3) is 0 Å². The molecule has 0 bridgehead atoms. The van der Waals surface area contributed by atoms with Crippen LogP contribution in [0.5, 0.6) is 0 Å². The van der Waals surface area contributed by atoms with Crippen LogP contribution in [0.2, 0.25) is 0 Å². The summed E-state index contributed by atoms with van der Waals surface area (Å²) >= 11 is 0. The maximum absolute atomic E-state index is 10.3. The minimum atomic E-state index is -2.74. The van der Waals surface area contributed by atoms with Gasteiger partial charge in [0.15, 0.2) is 5.60 Å². The van der Waals surface area contributed by atoms with E-state index in [4.69, 9.17) is 20.4 Å². The van der Waals surface area contributed by atoms with Gasteiger partial charge in [-0.15, -0.1) is 0 Å². The van der Waals surface area contributed by atoms with E-state index in [9.17, 15) is 14.4 Å². The van der Waals surface area contributed by atoms with E-state index >= 15 is 0 Å². The highest BCUT2D eigenvalue weighted by atomic mass is 16.4. The first kappa shape index (κ1) is 33.4. The van der Waals surface area contributed by atoms with E-state index < -0.39 is 36.4 Å². The number of hydrogen-bond donors (Lipinski definition) is 5. The molecule has 0 spiro atoms. The van der Waals surface area contributed by atoms with Crippen LogP contribution in [-0.4, -0.2) is 80.5 Å². The third-order valence-corrected chi connectivity index (χ3v) is 7.20. The van der Waals surface area contributed by atoms with Crippen molar-refractivity contribution in [1.82, 2.24) is 24.8 Å². The second kappa shape index (κ2) is 13.9. The van der Waals surface area contributed by atoms with Crippen LogP contribution in [0.1, 0.15) is 64.8 Å². The predicted molar refractivity (Wildman–Crippen MR) is 158 cm³/mol. The molecule has 43 heavy (non-hydrogen) atoms. The molecule has 1 aliphatic rings. The van der Waals surface area contributed by atoms with E-state index in [0.29, 0.717) is 6.04 Å². The normalized spacial score (nSPS) is 16.2. The van der Waals surface area contributed by atoms with Crippen molar-refractivity contribution in [3.8, 4) is 5.69 Å². The number of rotatable bonds is 11. The fraction of sp³-hybridized carbons (Fsp3) is 0.452. The zero-order valence-corrected chi connectivity index (χ0v) is 25.0. The number of nitrogens with one attached hydrogen (secondary N) is 1. The monoisotopic (exact) mass is 595 g/mol. The molecule has 0 atom stereocenters. The Kier molecular flexibility index (Phi) is 10.8. The van der Waals surface area contributed by atoms with Crippen LogP contribution in [0, 0.1) is 0 Å². The number of nitrogens with zero attached hydrogens (tertiary/aromatic N) is 4. The highest BCUT2D eigenvalue weighted by molar-refractivity contribution is 5.88. The van der Waals surface area contributed by atoms with E-state index in [1.807, 2.05) is 24.7 Å². The van der Waals surface area contributed by atoms with Crippen LogP contribution < -0.4 is 5.32 Å². The van der Waals surface area contributed by atoms with Crippen LogP contribution in [0.4, 0.5) is 0 Å². The van der Waals surface area contributed by atoms with Gasteiger partial charge in [0.1, 0.15) is 0 Å². The number of aliphatic carboxylic acids is 3. The van der Waals surface area contributed by atoms with Crippen molar-refractivity contribution in [2.75, 3.05) is 0 Å². The quantitative estimate of drug-likeness (QED) is 0.220. The summed E-state index contributed by atoms with van der Waals surface area (Å²) in [5.41, 5.74) is 1.01. The summed E-state index contributed by atoms with van der Waals surface area (Å²) in [5.74, 6) is -5.02. The fourth-order valence-corrected chi connectivity index (χ4v) is 5.76. The second-order valence-electron chi connectivity index (χ2n) is 12.2. The van der Waals surface area contributed by atoms with Crippen LogP contribution in [0.25, 0.3) is 5.69 Å². The number of carboxylic acids is 3. The summed E-state index contributed by atoms with van der Waals surface area (Å²) in [4.78, 5) is 41.9. The first-order valence-electron chi connectivity index (χ1n) is 14.0. The van der Waals surface area contributed by atoms with Gasteiger partial charge >= 0.3 is 17.9 Å². The molecule has 0 saturated carbocycles. The van der Waals surface area contributed by atoms with Crippen molar-refractivity contribution in [3.05, 3.63) is 78.6 Å². The van der Waals surface area contributed by atoms with Crippen molar-refractivity contribution in [2.24, 2.45) is 0 Å². The van der Waals surface area contributed by atoms with E-state index in [-0.39, 0.29) is 11.1 Å². The Bertz CT molecular complexity index is 1340. The van der Waals surface area contributed by atoms with Gasteiger partial charge in [-0.2, -0.15) is 0 Å².